The number of nitrogens with zero attached hydrogens (tertiary/aromatic N) is 1. The molecule has 13 heavy (non-hydrogen) atoms. The summed E-state index contributed by atoms with van der Waals surface area (Å²) in [6.07, 6.45) is 0. The number of hydrogen-bond acceptors (Lipinski definition) is 3. The molecule has 0 aromatic carbocycles. The summed E-state index contributed by atoms with van der Waals surface area (Å²) < 4.78 is 0. The van der Waals surface area contributed by atoms with Gasteiger partial charge in [-0.1, -0.05) is 20.8 Å². The smallest absolute Gasteiger partial charge is 0.0597 e. The molecule has 0 heterocycles. The molecule has 0 bridgehead atoms. The average molecular weight is 188 g/mol. The largest absolute Gasteiger partial charge is 0.395 e. The third kappa shape index (κ3) is 6.99. The van der Waals surface area contributed by atoms with Gasteiger partial charge in [0, 0.05) is 19.1 Å². The molecule has 3 nitrogen and oxygen atoms in total. The summed E-state index contributed by atoms with van der Waals surface area (Å²) in [7, 11) is 2.10. The van der Waals surface area contributed by atoms with Crippen LogP contribution in [0.4, 0.5) is 0 Å². The first-order chi connectivity index (χ1) is 6.10. The van der Waals surface area contributed by atoms with E-state index in [0.29, 0.717) is 5.92 Å². The van der Waals surface area contributed by atoms with Gasteiger partial charge in [-0.2, -0.15) is 0 Å². The highest BCUT2D eigenvalue weighted by Crippen LogP contribution is 1.96. The zero-order chi connectivity index (χ0) is 10.3. The molecule has 0 spiro atoms. The third-order valence-corrected chi connectivity index (χ3v) is 1.92. The van der Waals surface area contributed by atoms with E-state index in [-0.39, 0.29) is 12.6 Å². The standard InChI is InChI=1S/C10H24N2O/c1-5-11-10(8-13)7-12(4)6-9(2)3/h9-11,13H,5-8H2,1-4H3. The first kappa shape index (κ1) is 12.9. The van der Waals surface area contributed by atoms with E-state index in [0.717, 1.165) is 19.6 Å². The lowest BCUT2D eigenvalue weighted by atomic mass is 10.2. The van der Waals surface area contributed by atoms with E-state index in [2.05, 4.69) is 38.0 Å². The molecule has 0 aliphatic rings. The zero-order valence-corrected chi connectivity index (χ0v) is 9.38. The van der Waals surface area contributed by atoms with E-state index in [1.54, 1.807) is 0 Å². The molecular weight excluding hydrogens is 164 g/mol. The second kappa shape index (κ2) is 7.30. The number of hydrogen-bond donors (Lipinski definition) is 2. The molecule has 1 unspecified atom stereocenters. The Bertz CT molecular complexity index is 117. The average Bonchev–Trinajstić information content (AvgIpc) is 2.02. The van der Waals surface area contributed by atoms with Crippen LogP contribution in [0, 0.1) is 5.92 Å². The monoisotopic (exact) mass is 188 g/mol. The van der Waals surface area contributed by atoms with E-state index in [9.17, 15) is 0 Å². The number of nitrogens with one attached hydrogen (secondary N) is 1. The van der Waals surface area contributed by atoms with E-state index in [1.165, 1.54) is 0 Å². The van der Waals surface area contributed by atoms with Crippen molar-refractivity contribution in [2.75, 3.05) is 33.3 Å². The van der Waals surface area contributed by atoms with E-state index < -0.39 is 0 Å². The van der Waals surface area contributed by atoms with Crippen LogP contribution in [-0.4, -0.2) is 49.3 Å². The molecule has 3 heteroatoms. The van der Waals surface area contributed by atoms with Gasteiger partial charge in [-0.25, -0.2) is 0 Å². The van der Waals surface area contributed by atoms with Gasteiger partial charge < -0.3 is 15.3 Å². The number of likely N-dealkylation sites (N-methyl/N-ethyl adjacent to an activating group) is 2. The van der Waals surface area contributed by atoms with Gasteiger partial charge >= 0.3 is 0 Å². The van der Waals surface area contributed by atoms with Crippen LogP contribution in [0.1, 0.15) is 20.8 Å². The summed E-state index contributed by atoms with van der Waals surface area (Å²) in [5.41, 5.74) is 0. The molecule has 0 amide bonds. The summed E-state index contributed by atoms with van der Waals surface area (Å²) in [5.74, 6) is 0.686. The van der Waals surface area contributed by atoms with E-state index in [1.807, 2.05) is 0 Å². The Labute approximate surface area is 82.1 Å². The van der Waals surface area contributed by atoms with Gasteiger partial charge in [0.2, 0.25) is 0 Å². The molecule has 80 valence electrons. The molecule has 0 aliphatic heterocycles. The zero-order valence-electron chi connectivity index (χ0n) is 9.38. The van der Waals surface area contributed by atoms with Crippen LogP contribution >= 0.6 is 0 Å². The van der Waals surface area contributed by atoms with Gasteiger partial charge in [-0.3, -0.25) is 0 Å². The maximum Gasteiger partial charge on any atom is 0.0597 e. The summed E-state index contributed by atoms with van der Waals surface area (Å²) in [6, 6.07) is 0.216. The van der Waals surface area contributed by atoms with Crippen LogP contribution in [-0.2, 0) is 0 Å². The predicted molar refractivity (Wildman–Crippen MR) is 56.9 cm³/mol. The van der Waals surface area contributed by atoms with Crippen LogP contribution in [0.25, 0.3) is 0 Å². The first-order valence-corrected chi connectivity index (χ1v) is 5.12. The SMILES string of the molecule is CCNC(CO)CN(C)CC(C)C. The molecule has 0 aromatic rings. The lowest BCUT2D eigenvalue weighted by molar-refractivity contribution is 0.191. The van der Waals surface area contributed by atoms with Gasteiger partial charge in [-0.15, -0.1) is 0 Å². The number of aliphatic hydroxyl groups excluding tert-OH is 1. The highest BCUT2D eigenvalue weighted by molar-refractivity contribution is 4.69. The molecule has 0 aromatic heterocycles. The Balaban J connectivity index is 3.65. The molecule has 1 atom stereocenters. The maximum atomic E-state index is 9.05. The van der Waals surface area contributed by atoms with Crippen molar-refractivity contribution in [1.29, 1.82) is 0 Å². The van der Waals surface area contributed by atoms with Crippen molar-refractivity contribution in [2.45, 2.75) is 26.8 Å². The van der Waals surface area contributed by atoms with Crippen molar-refractivity contribution in [3.8, 4) is 0 Å². The second-order valence-electron chi connectivity index (χ2n) is 4.05. The van der Waals surface area contributed by atoms with Crippen LogP contribution in [0.5, 0.6) is 0 Å². The molecular formula is C10H24N2O. The van der Waals surface area contributed by atoms with E-state index in [4.69, 9.17) is 5.11 Å². The fourth-order valence-corrected chi connectivity index (χ4v) is 1.55. The highest BCUT2D eigenvalue weighted by atomic mass is 16.3. The quantitative estimate of drug-likeness (QED) is 0.612. The van der Waals surface area contributed by atoms with Crippen LogP contribution < -0.4 is 5.32 Å². The summed E-state index contributed by atoms with van der Waals surface area (Å²) >= 11 is 0. The number of aliphatic hydroxyl groups is 1. The van der Waals surface area contributed by atoms with Crippen molar-refractivity contribution >= 4 is 0 Å². The molecule has 2 N–H and O–H groups in total. The van der Waals surface area contributed by atoms with Gasteiger partial charge in [0.1, 0.15) is 0 Å². The number of rotatable bonds is 7. The fraction of sp³-hybridized carbons (Fsp3) is 1.00. The predicted octanol–water partition coefficient (Wildman–Crippen LogP) is 0.545. The third-order valence-electron chi connectivity index (χ3n) is 1.92. The van der Waals surface area contributed by atoms with Crippen molar-refractivity contribution in [1.82, 2.24) is 10.2 Å². The lowest BCUT2D eigenvalue weighted by Gasteiger charge is -2.24. The first-order valence-electron chi connectivity index (χ1n) is 5.12. The Morgan fingerprint density at radius 2 is 1.92 bits per heavy atom. The van der Waals surface area contributed by atoms with Gasteiger partial charge in [0.25, 0.3) is 0 Å². The highest BCUT2D eigenvalue weighted by Gasteiger charge is 2.09. The Morgan fingerprint density at radius 1 is 1.31 bits per heavy atom. The van der Waals surface area contributed by atoms with Crippen molar-refractivity contribution in [2.24, 2.45) is 5.92 Å². The molecule has 0 radical (unpaired) electrons. The van der Waals surface area contributed by atoms with Gasteiger partial charge in [0.15, 0.2) is 0 Å². The second-order valence-corrected chi connectivity index (χ2v) is 4.05. The molecule has 0 rings (SSSR count). The lowest BCUT2D eigenvalue weighted by Crippen LogP contribution is -2.42. The van der Waals surface area contributed by atoms with Crippen molar-refractivity contribution < 1.29 is 5.11 Å². The molecule has 0 aliphatic carbocycles. The normalized spacial score (nSPS) is 14.1. The minimum Gasteiger partial charge on any atom is -0.395 e. The molecule has 0 saturated heterocycles. The molecule has 0 fully saturated rings. The minimum atomic E-state index is 0.216. The Hall–Kier alpha value is -0.120. The van der Waals surface area contributed by atoms with Gasteiger partial charge in [-0.05, 0) is 19.5 Å². The topological polar surface area (TPSA) is 35.5 Å². The van der Waals surface area contributed by atoms with Gasteiger partial charge in [0.05, 0.1) is 6.61 Å². The Morgan fingerprint density at radius 3 is 2.31 bits per heavy atom. The summed E-state index contributed by atoms with van der Waals surface area (Å²) in [4.78, 5) is 2.26. The van der Waals surface area contributed by atoms with Crippen LogP contribution in [0.15, 0.2) is 0 Å². The van der Waals surface area contributed by atoms with Crippen LogP contribution in [0.3, 0.4) is 0 Å². The summed E-state index contributed by atoms with van der Waals surface area (Å²) in [5, 5.41) is 12.3. The van der Waals surface area contributed by atoms with E-state index >= 15 is 0 Å². The fourth-order valence-electron chi connectivity index (χ4n) is 1.55. The maximum absolute atomic E-state index is 9.05. The molecule has 0 saturated carbocycles. The van der Waals surface area contributed by atoms with Crippen LogP contribution in [0.2, 0.25) is 0 Å². The van der Waals surface area contributed by atoms with Crippen molar-refractivity contribution in [3.05, 3.63) is 0 Å². The Kier molecular flexibility index (Phi) is 7.23. The minimum absolute atomic E-state index is 0.216. The van der Waals surface area contributed by atoms with Crippen molar-refractivity contribution in [3.63, 3.8) is 0 Å². The summed E-state index contributed by atoms with van der Waals surface area (Å²) in [6.45, 7) is 9.61.